The Hall–Kier alpha value is -2.55. The van der Waals surface area contributed by atoms with Gasteiger partial charge in [-0.05, 0) is 43.8 Å². The Morgan fingerprint density at radius 3 is 1.57 bits per heavy atom. The molecule has 3 aromatic rings. The molecule has 1 aliphatic rings. The fraction of sp³-hybridized carbons (Fsp3) is 0.217. The summed E-state index contributed by atoms with van der Waals surface area (Å²) in [6.45, 7) is 3.57. The SMILES string of the molecule is CC(c1ccccc1)N(C)P1(=O)N(c2ccccc2)CCN1c1ccccc1. The van der Waals surface area contributed by atoms with Crippen LogP contribution in [0.3, 0.4) is 0 Å². The van der Waals surface area contributed by atoms with E-state index in [1.807, 2.05) is 85.9 Å². The minimum Gasteiger partial charge on any atom is -0.293 e. The van der Waals surface area contributed by atoms with Crippen molar-refractivity contribution in [3.8, 4) is 0 Å². The highest BCUT2D eigenvalue weighted by atomic mass is 31.2. The van der Waals surface area contributed by atoms with Crippen LogP contribution in [0.1, 0.15) is 18.5 Å². The van der Waals surface area contributed by atoms with E-state index in [2.05, 4.69) is 33.1 Å². The van der Waals surface area contributed by atoms with Gasteiger partial charge >= 0.3 is 7.59 Å². The predicted molar refractivity (Wildman–Crippen MR) is 118 cm³/mol. The molecule has 0 radical (unpaired) electrons. The van der Waals surface area contributed by atoms with Crippen molar-refractivity contribution in [3.63, 3.8) is 0 Å². The third-order valence-corrected chi connectivity index (χ3v) is 8.80. The van der Waals surface area contributed by atoms with Gasteiger partial charge in [0.05, 0.1) is 0 Å². The van der Waals surface area contributed by atoms with E-state index in [0.29, 0.717) is 0 Å². The normalized spacial score (nSPS) is 17.1. The van der Waals surface area contributed by atoms with Crippen molar-refractivity contribution >= 4 is 19.0 Å². The quantitative estimate of drug-likeness (QED) is 0.513. The second kappa shape index (κ2) is 7.83. The van der Waals surface area contributed by atoms with E-state index in [9.17, 15) is 4.57 Å². The summed E-state index contributed by atoms with van der Waals surface area (Å²) in [4.78, 5) is 0. The van der Waals surface area contributed by atoms with Gasteiger partial charge in [0.15, 0.2) is 0 Å². The molecule has 1 atom stereocenters. The molecule has 1 fully saturated rings. The summed E-state index contributed by atoms with van der Waals surface area (Å²) >= 11 is 0. The third kappa shape index (κ3) is 3.23. The molecule has 4 rings (SSSR count). The first-order valence-corrected chi connectivity index (χ1v) is 11.2. The van der Waals surface area contributed by atoms with Crippen molar-refractivity contribution < 1.29 is 4.57 Å². The zero-order valence-electron chi connectivity index (χ0n) is 16.3. The molecule has 0 N–H and O–H groups in total. The van der Waals surface area contributed by atoms with Crippen LogP contribution in [-0.4, -0.2) is 24.8 Å². The van der Waals surface area contributed by atoms with Crippen molar-refractivity contribution in [2.24, 2.45) is 0 Å². The van der Waals surface area contributed by atoms with Crippen LogP contribution in [0.4, 0.5) is 11.4 Å². The van der Waals surface area contributed by atoms with Gasteiger partial charge < -0.3 is 0 Å². The highest BCUT2D eigenvalue weighted by Gasteiger charge is 2.48. The standard InChI is InChI=1S/C23H26N3OP/c1-20(21-12-6-3-7-13-21)24(2)28(27)25(22-14-8-4-9-15-22)18-19-26(28)23-16-10-5-11-17-23/h3-17,20H,18-19H2,1-2H3. The lowest BCUT2D eigenvalue weighted by molar-refractivity contribution is 0.396. The number of nitrogens with zero attached hydrogens (tertiary/aromatic N) is 3. The molecule has 0 spiro atoms. The fourth-order valence-corrected chi connectivity index (χ4v) is 6.95. The molecule has 5 heteroatoms. The third-order valence-electron chi connectivity index (χ3n) is 5.51. The Labute approximate surface area is 167 Å². The van der Waals surface area contributed by atoms with Gasteiger partial charge in [0.1, 0.15) is 0 Å². The van der Waals surface area contributed by atoms with E-state index < -0.39 is 7.59 Å². The van der Waals surface area contributed by atoms with Crippen LogP contribution in [0.5, 0.6) is 0 Å². The highest BCUT2D eigenvalue weighted by molar-refractivity contribution is 7.65. The van der Waals surface area contributed by atoms with Crippen molar-refractivity contribution in [3.05, 3.63) is 96.6 Å². The van der Waals surface area contributed by atoms with Crippen molar-refractivity contribution in [1.82, 2.24) is 4.67 Å². The average Bonchev–Trinajstić information content (AvgIpc) is 3.12. The summed E-state index contributed by atoms with van der Waals surface area (Å²) in [6, 6.07) is 30.5. The van der Waals surface area contributed by atoms with Crippen molar-refractivity contribution in [2.45, 2.75) is 13.0 Å². The van der Waals surface area contributed by atoms with Crippen LogP contribution in [0.2, 0.25) is 0 Å². The second-order valence-corrected chi connectivity index (χ2v) is 9.71. The molecular formula is C23H26N3OP. The van der Waals surface area contributed by atoms with Crippen molar-refractivity contribution in [2.75, 3.05) is 29.5 Å². The molecule has 0 aromatic heterocycles. The summed E-state index contributed by atoms with van der Waals surface area (Å²) in [6.07, 6.45) is 0. The van der Waals surface area contributed by atoms with E-state index in [-0.39, 0.29) is 6.04 Å². The topological polar surface area (TPSA) is 26.8 Å². The summed E-state index contributed by atoms with van der Waals surface area (Å²) < 4.78 is 21.0. The number of hydrogen-bond acceptors (Lipinski definition) is 1. The molecule has 1 heterocycles. The van der Waals surface area contributed by atoms with Gasteiger partial charge in [-0.1, -0.05) is 66.7 Å². The lowest BCUT2D eigenvalue weighted by Gasteiger charge is -2.41. The molecule has 28 heavy (non-hydrogen) atoms. The summed E-state index contributed by atoms with van der Waals surface area (Å²) in [7, 11) is -1.06. The van der Waals surface area contributed by atoms with E-state index in [4.69, 9.17) is 0 Å². The van der Waals surface area contributed by atoms with E-state index in [0.717, 1.165) is 30.0 Å². The zero-order valence-corrected chi connectivity index (χ0v) is 17.2. The smallest absolute Gasteiger partial charge is 0.293 e. The molecule has 144 valence electrons. The predicted octanol–water partition coefficient (Wildman–Crippen LogP) is 5.81. The van der Waals surface area contributed by atoms with Gasteiger partial charge in [-0.25, -0.2) is 4.67 Å². The average molecular weight is 391 g/mol. The lowest BCUT2D eigenvalue weighted by atomic mass is 10.1. The molecule has 3 aromatic carbocycles. The van der Waals surface area contributed by atoms with Crippen LogP contribution in [0, 0.1) is 0 Å². The van der Waals surface area contributed by atoms with Crippen LogP contribution in [-0.2, 0) is 4.57 Å². The summed E-state index contributed by atoms with van der Waals surface area (Å²) in [5.41, 5.74) is 3.15. The number of benzene rings is 3. The highest BCUT2D eigenvalue weighted by Crippen LogP contribution is 2.64. The number of para-hydroxylation sites is 2. The monoisotopic (exact) mass is 391 g/mol. The molecule has 0 bridgehead atoms. The molecular weight excluding hydrogens is 365 g/mol. The van der Waals surface area contributed by atoms with Gasteiger partial charge in [-0.2, -0.15) is 0 Å². The molecule has 1 aliphatic heterocycles. The number of anilines is 2. The molecule has 1 saturated heterocycles. The Morgan fingerprint density at radius 2 is 1.14 bits per heavy atom. The van der Waals surface area contributed by atoms with Crippen LogP contribution in [0.15, 0.2) is 91.0 Å². The Morgan fingerprint density at radius 1 is 0.750 bits per heavy atom. The Kier molecular flexibility index (Phi) is 5.25. The van der Waals surface area contributed by atoms with Crippen molar-refractivity contribution in [1.29, 1.82) is 0 Å². The first-order valence-electron chi connectivity index (χ1n) is 9.67. The van der Waals surface area contributed by atoms with E-state index >= 15 is 0 Å². The van der Waals surface area contributed by atoms with Gasteiger partial charge in [0.2, 0.25) is 0 Å². The lowest BCUT2D eigenvalue weighted by Crippen LogP contribution is -2.33. The molecule has 0 amide bonds. The second-order valence-electron chi connectivity index (χ2n) is 7.09. The first kappa shape index (κ1) is 18.8. The minimum absolute atomic E-state index is 0.0163. The molecule has 0 saturated carbocycles. The largest absolute Gasteiger partial charge is 0.336 e. The van der Waals surface area contributed by atoms with Gasteiger partial charge in [-0.3, -0.25) is 13.9 Å². The van der Waals surface area contributed by atoms with Crippen LogP contribution in [0.25, 0.3) is 0 Å². The summed E-state index contributed by atoms with van der Waals surface area (Å²) in [5, 5.41) is 0. The van der Waals surface area contributed by atoms with Gasteiger partial charge in [0.25, 0.3) is 0 Å². The summed E-state index contributed by atoms with van der Waals surface area (Å²) in [5.74, 6) is 0. The molecule has 4 nitrogen and oxygen atoms in total. The van der Waals surface area contributed by atoms with E-state index in [1.54, 1.807) is 0 Å². The first-order chi connectivity index (χ1) is 13.6. The van der Waals surface area contributed by atoms with Gasteiger partial charge in [0, 0.05) is 30.5 Å². The maximum absolute atomic E-state index is 14.8. The van der Waals surface area contributed by atoms with Gasteiger partial charge in [-0.15, -0.1) is 0 Å². The number of rotatable bonds is 5. The Balaban J connectivity index is 1.78. The fourth-order valence-electron chi connectivity index (χ4n) is 3.85. The maximum Gasteiger partial charge on any atom is 0.336 e. The van der Waals surface area contributed by atoms with Crippen LogP contribution >= 0.6 is 7.59 Å². The minimum atomic E-state index is -3.05. The van der Waals surface area contributed by atoms with E-state index in [1.165, 1.54) is 0 Å². The van der Waals surface area contributed by atoms with Crippen LogP contribution < -0.4 is 9.34 Å². The molecule has 0 aliphatic carbocycles. The maximum atomic E-state index is 14.8. The zero-order chi connectivity index (χ0) is 19.6. The Bertz CT molecular complexity index is 898. The molecule has 1 unspecified atom stereocenters. The number of hydrogen-bond donors (Lipinski definition) is 0.